The van der Waals surface area contributed by atoms with Gasteiger partial charge >= 0.3 is 5.97 Å². The number of nitrogens with one attached hydrogen (secondary N) is 1. The van der Waals surface area contributed by atoms with Gasteiger partial charge in [0.25, 0.3) is 0 Å². The number of hydrogen-bond acceptors (Lipinski definition) is 3. The van der Waals surface area contributed by atoms with Crippen LogP contribution in [0.1, 0.15) is 12.8 Å². The molecule has 1 aliphatic heterocycles. The van der Waals surface area contributed by atoms with Gasteiger partial charge in [-0.15, -0.1) is 12.3 Å². The molecule has 1 saturated heterocycles. The van der Waals surface area contributed by atoms with E-state index in [1.54, 1.807) is 0 Å². The number of carboxylic acids is 1. The number of aliphatic carboxylic acids is 1. The van der Waals surface area contributed by atoms with E-state index in [-0.39, 0.29) is 18.2 Å². The van der Waals surface area contributed by atoms with Gasteiger partial charge in [-0.25, -0.2) is 4.79 Å². The van der Waals surface area contributed by atoms with Crippen molar-refractivity contribution in [3.8, 4) is 12.3 Å². The second kappa shape index (κ2) is 5.37. The summed E-state index contributed by atoms with van der Waals surface area (Å²) in [6.07, 6.45) is 5.63. The Balaban J connectivity index is 2.46. The van der Waals surface area contributed by atoms with E-state index in [1.165, 1.54) is 0 Å². The van der Waals surface area contributed by atoms with Crippen LogP contribution >= 0.6 is 0 Å². The molecular formula is C10H13NO4. The molecule has 0 aromatic carbocycles. The lowest BCUT2D eigenvalue weighted by molar-refractivity contribution is -0.142. The van der Waals surface area contributed by atoms with Crippen LogP contribution in [0.3, 0.4) is 0 Å². The summed E-state index contributed by atoms with van der Waals surface area (Å²) in [5, 5.41) is 11.2. The third-order valence-corrected chi connectivity index (χ3v) is 2.24. The van der Waals surface area contributed by atoms with Gasteiger partial charge in [0.2, 0.25) is 5.91 Å². The monoisotopic (exact) mass is 211 g/mol. The van der Waals surface area contributed by atoms with Crippen LogP contribution in [-0.4, -0.2) is 36.2 Å². The molecule has 0 aromatic heterocycles. The van der Waals surface area contributed by atoms with Gasteiger partial charge in [0.15, 0.2) is 0 Å². The number of carboxylic acid groups (broad SMARTS) is 1. The zero-order valence-corrected chi connectivity index (χ0v) is 8.23. The average molecular weight is 211 g/mol. The summed E-state index contributed by atoms with van der Waals surface area (Å²) in [6.45, 7) is 0.902. The summed E-state index contributed by atoms with van der Waals surface area (Å²) >= 11 is 0. The molecule has 82 valence electrons. The van der Waals surface area contributed by atoms with Crippen molar-refractivity contribution in [1.29, 1.82) is 0 Å². The zero-order chi connectivity index (χ0) is 11.3. The highest BCUT2D eigenvalue weighted by atomic mass is 16.5. The fourth-order valence-electron chi connectivity index (χ4n) is 1.35. The Morgan fingerprint density at radius 1 is 1.67 bits per heavy atom. The second-order valence-corrected chi connectivity index (χ2v) is 3.37. The van der Waals surface area contributed by atoms with Gasteiger partial charge < -0.3 is 15.2 Å². The minimum absolute atomic E-state index is 0.00531. The van der Waals surface area contributed by atoms with Gasteiger partial charge in [-0.3, -0.25) is 4.79 Å². The molecule has 5 heteroatoms. The van der Waals surface area contributed by atoms with E-state index in [9.17, 15) is 9.59 Å². The van der Waals surface area contributed by atoms with Crippen LogP contribution in [0.15, 0.2) is 0 Å². The Morgan fingerprint density at radius 3 is 2.87 bits per heavy atom. The smallest absolute Gasteiger partial charge is 0.327 e. The van der Waals surface area contributed by atoms with E-state index < -0.39 is 12.0 Å². The van der Waals surface area contributed by atoms with Crippen molar-refractivity contribution >= 4 is 11.9 Å². The SMILES string of the molecule is C#CCC(NC(=O)C1CCOC1)C(=O)O. The quantitative estimate of drug-likeness (QED) is 0.621. The maximum Gasteiger partial charge on any atom is 0.327 e. The number of rotatable bonds is 4. The van der Waals surface area contributed by atoms with Crippen molar-refractivity contribution in [2.24, 2.45) is 5.92 Å². The lowest BCUT2D eigenvalue weighted by Crippen LogP contribution is -2.43. The third-order valence-electron chi connectivity index (χ3n) is 2.24. The molecule has 0 spiro atoms. The average Bonchev–Trinajstić information content (AvgIpc) is 2.69. The third kappa shape index (κ3) is 3.26. The van der Waals surface area contributed by atoms with Gasteiger partial charge in [-0.2, -0.15) is 0 Å². The highest BCUT2D eigenvalue weighted by molar-refractivity contribution is 5.85. The Labute approximate surface area is 87.8 Å². The maximum atomic E-state index is 11.5. The standard InChI is InChI=1S/C10H13NO4/c1-2-3-8(10(13)14)11-9(12)7-4-5-15-6-7/h1,7-8H,3-6H2,(H,11,12)(H,13,14). The fourth-order valence-corrected chi connectivity index (χ4v) is 1.35. The molecule has 0 aromatic rings. The summed E-state index contributed by atoms with van der Waals surface area (Å²) in [4.78, 5) is 22.2. The van der Waals surface area contributed by atoms with Crippen molar-refractivity contribution in [2.75, 3.05) is 13.2 Å². The first-order chi connectivity index (χ1) is 7.15. The Hall–Kier alpha value is -1.54. The molecule has 1 rings (SSSR count). The minimum atomic E-state index is -1.11. The first-order valence-corrected chi connectivity index (χ1v) is 4.69. The summed E-state index contributed by atoms with van der Waals surface area (Å²) in [7, 11) is 0. The van der Waals surface area contributed by atoms with E-state index in [0.717, 1.165) is 0 Å². The fraction of sp³-hybridized carbons (Fsp3) is 0.600. The van der Waals surface area contributed by atoms with Crippen LogP contribution in [0.4, 0.5) is 0 Å². The number of carbonyl (C=O) groups excluding carboxylic acids is 1. The normalized spacial score (nSPS) is 21.7. The van der Waals surface area contributed by atoms with Crippen LogP contribution in [0.5, 0.6) is 0 Å². The molecule has 0 bridgehead atoms. The largest absolute Gasteiger partial charge is 0.480 e. The Bertz CT molecular complexity index is 288. The molecular weight excluding hydrogens is 198 g/mol. The second-order valence-electron chi connectivity index (χ2n) is 3.37. The molecule has 0 aliphatic carbocycles. The first-order valence-electron chi connectivity index (χ1n) is 4.69. The van der Waals surface area contributed by atoms with E-state index >= 15 is 0 Å². The van der Waals surface area contributed by atoms with Gasteiger partial charge in [0.05, 0.1) is 12.5 Å². The Kier molecular flexibility index (Phi) is 4.13. The predicted molar refractivity (Wildman–Crippen MR) is 51.9 cm³/mol. The maximum absolute atomic E-state index is 11.5. The van der Waals surface area contributed by atoms with Gasteiger partial charge in [0, 0.05) is 13.0 Å². The molecule has 15 heavy (non-hydrogen) atoms. The molecule has 2 N–H and O–H groups in total. The molecule has 2 unspecified atom stereocenters. The van der Waals surface area contributed by atoms with Crippen LogP contribution in [-0.2, 0) is 14.3 Å². The lowest BCUT2D eigenvalue weighted by atomic mass is 10.1. The van der Waals surface area contributed by atoms with Crippen molar-refractivity contribution < 1.29 is 19.4 Å². The van der Waals surface area contributed by atoms with Crippen molar-refractivity contribution in [1.82, 2.24) is 5.32 Å². The molecule has 1 amide bonds. The summed E-state index contributed by atoms with van der Waals surface area (Å²) in [6, 6.07) is -0.997. The van der Waals surface area contributed by atoms with E-state index in [4.69, 9.17) is 16.3 Å². The van der Waals surface area contributed by atoms with Gasteiger partial charge in [0.1, 0.15) is 6.04 Å². The number of terminal acetylenes is 1. The highest BCUT2D eigenvalue weighted by Crippen LogP contribution is 2.12. The molecule has 1 fully saturated rings. The molecule has 2 atom stereocenters. The molecule has 0 saturated carbocycles. The first kappa shape index (κ1) is 11.5. The molecule has 5 nitrogen and oxygen atoms in total. The predicted octanol–water partition coefficient (Wildman–Crippen LogP) is -0.384. The van der Waals surface area contributed by atoms with E-state index in [2.05, 4.69) is 11.2 Å². The van der Waals surface area contributed by atoms with Crippen LogP contribution in [0, 0.1) is 18.3 Å². The summed E-state index contributed by atoms with van der Waals surface area (Å²) in [5.74, 6) is 0.565. The topological polar surface area (TPSA) is 75.6 Å². The van der Waals surface area contributed by atoms with E-state index in [0.29, 0.717) is 19.6 Å². The van der Waals surface area contributed by atoms with Crippen molar-refractivity contribution in [3.05, 3.63) is 0 Å². The number of carbonyl (C=O) groups is 2. The minimum Gasteiger partial charge on any atom is -0.480 e. The highest BCUT2D eigenvalue weighted by Gasteiger charge is 2.27. The van der Waals surface area contributed by atoms with E-state index in [1.807, 2.05) is 0 Å². The van der Waals surface area contributed by atoms with Crippen LogP contribution < -0.4 is 5.32 Å². The summed E-state index contributed by atoms with van der Waals surface area (Å²) in [5.41, 5.74) is 0. The Morgan fingerprint density at radius 2 is 2.40 bits per heavy atom. The number of amides is 1. The molecule has 1 heterocycles. The van der Waals surface area contributed by atoms with Gasteiger partial charge in [-0.05, 0) is 6.42 Å². The van der Waals surface area contributed by atoms with Crippen LogP contribution in [0.25, 0.3) is 0 Å². The number of ether oxygens (including phenoxy) is 1. The molecule has 1 aliphatic rings. The van der Waals surface area contributed by atoms with Crippen LogP contribution in [0.2, 0.25) is 0 Å². The van der Waals surface area contributed by atoms with Crippen molar-refractivity contribution in [3.63, 3.8) is 0 Å². The van der Waals surface area contributed by atoms with Crippen molar-refractivity contribution in [2.45, 2.75) is 18.9 Å². The zero-order valence-electron chi connectivity index (χ0n) is 8.23. The van der Waals surface area contributed by atoms with Gasteiger partial charge in [-0.1, -0.05) is 0 Å². The summed E-state index contributed by atoms with van der Waals surface area (Å²) < 4.78 is 5.03. The lowest BCUT2D eigenvalue weighted by Gasteiger charge is -2.14. The number of hydrogen-bond donors (Lipinski definition) is 2. The molecule has 0 radical (unpaired) electrons.